The summed E-state index contributed by atoms with van der Waals surface area (Å²) in [5, 5.41) is 6.15. The number of amides is 1. The highest BCUT2D eigenvalue weighted by Crippen LogP contribution is 2.25. The summed E-state index contributed by atoms with van der Waals surface area (Å²) in [5.41, 5.74) is 0.0939. The van der Waals surface area contributed by atoms with E-state index in [1.165, 1.54) is 0 Å². The van der Waals surface area contributed by atoms with Gasteiger partial charge in [-0.15, -0.1) is 0 Å². The van der Waals surface area contributed by atoms with Gasteiger partial charge in [0.1, 0.15) is 5.60 Å². The Morgan fingerprint density at radius 3 is 2.50 bits per heavy atom. The second kappa shape index (κ2) is 5.82. The number of hydrogen-bond donors (Lipinski definition) is 2. The van der Waals surface area contributed by atoms with Gasteiger partial charge in [0.25, 0.3) is 5.91 Å². The van der Waals surface area contributed by atoms with Crippen molar-refractivity contribution in [3.8, 4) is 0 Å². The predicted octanol–water partition coefficient (Wildman–Crippen LogP) is 2.16. The van der Waals surface area contributed by atoms with Crippen LogP contribution in [0.4, 0.5) is 5.69 Å². The fourth-order valence-corrected chi connectivity index (χ4v) is 2.40. The Hall–Kier alpha value is -0.910. The van der Waals surface area contributed by atoms with Crippen molar-refractivity contribution in [1.82, 2.24) is 5.32 Å². The van der Waals surface area contributed by atoms with Crippen molar-refractivity contribution in [1.29, 1.82) is 0 Å². The molecule has 1 fully saturated rings. The van der Waals surface area contributed by atoms with Crippen LogP contribution in [0.15, 0.2) is 28.7 Å². The molecular formula is C13H17BrN2O2. The lowest BCUT2D eigenvalue weighted by Gasteiger charge is -2.34. The number of piperidine rings is 1. The molecule has 0 saturated carbocycles. The Labute approximate surface area is 115 Å². The Morgan fingerprint density at radius 2 is 1.94 bits per heavy atom. The highest BCUT2D eigenvalue weighted by Gasteiger charge is 2.39. The zero-order chi connectivity index (χ0) is 13.0. The van der Waals surface area contributed by atoms with E-state index in [1.54, 1.807) is 7.11 Å². The molecule has 1 saturated heterocycles. The fraction of sp³-hybridized carbons (Fsp3) is 0.462. The molecule has 0 bridgehead atoms. The molecule has 1 aliphatic rings. The van der Waals surface area contributed by atoms with Gasteiger partial charge in [-0.1, -0.05) is 15.9 Å². The van der Waals surface area contributed by atoms with Crippen LogP contribution >= 0.6 is 15.9 Å². The second-order valence-electron chi connectivity index (χ2n) is 4.41. The third-order valence-corrected chi connectivity index (χ3v) is 3.85. The highest BCUT2D eigenvalue weighted by atomic mass is 79.9. The standard InChI is InChI=1S/C13H17BrN2O2/c1-18-13(6-8-15-9-7-13)12(17)16-11-4-2-10(14)3-5-11/h2-5,15H,6-9H2,1H3,(H,16,17). The van der Waals surface area contributed by atoms with Gasteiger partial charge in [-0.3, -0.25) is 4.79 Å². The summed E-state index contributed by atoms with van der Waals surface area (Å²) < 4.78 is 6.46. The number of halogens is 1. The Kier molecular flexibility index (Phi) is 4.37. The lowest BCUT2D eigenvalue weighted by Crippen LogP contribution is -2.51. The molecule has 18 heavy (non-hydrogen) atoms. The first-order valence-corrected chi connectivity index (χ1v) is 6.78. The summed E-state index contributed by atoms with van der Waals surface area (Å²) in [5.74, 6) is -0.0613. The maximum atomic E-state index is 12.3. The van der Waals surface area contributed by atoms with E-state index in [0.717, 1.165) is 23.2 Å². The van der Waals surface area contributed by atoms with Crippen LogP contribution < -0.4 is 10.6 Å². The van der Waals surface area contributed by atoms with E-state index in [2.05, 4.69) is 26.6 Å². The normalized spacial score (nSPS) is 18.3. The molecule has 1 aliphatic heterocycles. The van der Waals surface area contributed by atoms with Crippen molar-refractivity contribution < 1.29 is 9.53 Å². The first-order chi connectivity index (χ1) is 8.66. The third-order valence-electron chi connectivity index (χ3n) is 3.32. The summed E-state index contributed by atoms with van der Waals surface area (Å²) in [6.07, 6.45) is 1.40. The van der Waals surface area contributed by atoms with Gasteiger partial charge in [0.05, 0.1) is 0 Å². The van der Waals surface area contributed by atoms with Crippen LogP contribution in [0.3, 0.4) is 0 Å². The van der Waals surface area contributed by atoms with Crippen molar-refractivity contribution in [2.24, 2.45) is 0 Å². The number of methoxy groups -OCH3 is 1. The van der Waals surface area contributed by atoms with E-state index in [0.29, 0.717) is 12.8 Å². The summed E-state index contributed by atoms with van der Waals surface area (Å²) in [6.45, 7) is 1.61. The topological polar surface area (TPSA) is 50.4 Å². The molecule has 0 atom stereocenters. The summed E-state index contributed by atoms with van der Waals surface area (Å²) in [4.78, 5) is 12.3. The molecule has 2 N–H and O–H groups in total. The van der Waals surface area contributed by atoms with Gasteiger partial charge < -0.3 is 15.4 Å². The predicted molar refractivity (Wildman–Crippen MR) is 74.6 cm³/mol. The molecule has 0 radical (unpaired) electrons. The largest absolute Gasteiger partial charge is 0.368 e. The second-order valence-corrected chi connectivity index (χ2v) is 5.33. The molecule has 0 spiro atoms. The molecule has 1 amide bonds. The molecule has 5 heteroatoms. The summed E-state index contributed by atoms with van der Waals surface area (Å²) in [7, 11) is 1.60. The van der Waals surface area contributed by atoms with Crippen LogP contribution in [0.25, 0.3) is 0 Å². The van der Waals surface area contributed by atoms with Gasteiger partial charge >= 0.3 is 0 Å². The van der Waals surface area contributed by atoms with E-state index in [-0.39, 0.29) is 5.91 Å². The molecule has 4 nitrogen and oxygen atoms in total. The van der Waals surface area contributed by atoms with E-state index in [4.69, 9.17) is 4.74 Å². The smallest absolute Gasteiger partial charge is 0.256 e. The van der Waals surface area contributed by atoms with Crippen LogP contribution in [0, 0.1) is 0 Å². The highest BCUT2D eigenvalue weighted by molar-refractivity contribution is 9.10. The third kappa shape index (κ3) is 2.91. The van der Waals surface area contributed by atoms with E-state index < -0.39 is 5.60 Å². The average Bonchev–Trinajstić information content (AvgIpc) is 2.42. The fourth-order valence-electron chi connectivity index (χ4n) is 2.13. The van der Waals surface area contributed by atoms with Crippen LogP contribution in [0.1, 0.15) is 12.8 Å². The number of rotatable bonds is 3. The number of anilines is 1. The van der Waals surface area contributed by atoms with Crippen LogP contribution in [-0.4, -0.2) is 31.7 Å². The average molecular weight is 313 g/mol. The van der Waals surface area contributed by atoms with E-state index in [1.807, 2.05) is 24.3 Å². The minimum atomic E-state index is -0.696. The molecule has 0 aliphatic carbocycles. The number of nitrogens with one attached hydrogen (secondary N) is 2. The van der Waals surface area contributed by atoms with Gasteiger partial charge in [-0.05, 0) is 50.2 Å². The number of ether oxygens (including phenoxy) is 1. The molecule has 0 unspecified atom stereocenters. The molecule has 98 valence electrons. The van der Waals surface area contributed by atoms with Gasteiger partial charge in [0.15, 0.2) is 0 Å². The minimum absolute atomic E-state index is 0.0613. The van der Waals surface area contributed by atoms with Crippen molar-refractivity contribution in [2.45, 2.75) is 18.4 Å². The molecule has 1 heterocycles. The maximum absolute atomic E-state index is 12.3. The van der Waals surface area contributed by atoms with Gasteiger partial charge in [-0.25, -0.2) is 0 Å². The van der Waals surface area contributed by atoms with Crippen molar-refractivity contribution in [2.75, 3.05) is 25.5 Å². The van der Waals surface area contributed by atoms with Gasteiger partial charge in [0, 0.05) is 17.3 Å². The number of carbonyl (C=O) groups excluding carboxylic acids is 1. The Balaban J connectivity index is 2.07. The maximum Gasteiger partial charge on any atom is 0.256 e. The molecule has 2 rings (SSSR count). The van der Waals surface area contributed by atoms with Crippen LogP contribution in [0.5, 0.6) is 0 Å². The van der Waals surface area contributed by atoms with E-state index in [9.17, 15) is 4.79 Å². The number of hydrogen-bond acceptors (Lipinski definition) is 3. The first-order valence-electron chi connectivity index (χ1n) is 5.99. The molecule has 0 aromatic heterocycles. The summed E-state index contributed by atoms with van der Waals surface area (Å²) in [6, 6.07) is 7.54. The van der Waals surface area contributed by atoms with Crippen molar-refractivity contribution in [3.05, 3.63) is 28.7 Å². The van der Waals surface area contributed by atoms with Crippen molar-refractivity contribution >= 4 is 27.5 Å². The molecule has 1 aromatic rings. The zero-order valence-corrected chi connectivity index (χ0v) is 11.9. The Bertz CT molecular complexity index is 414. The zero-order valence-electron chi connectivity index (χ0n) is 10.3. The van der Waals surface area contributed by atoms with E-state index >= 15 is 0 Å². The summed E-state index contributed by atoms with van der Waals surface area (Å²) >= 11 is 3.37. The van der Waals surface area contributed by atoms with Crippen molar-refractivity contribution in [3.63, 3.8) is 0 Å². The van der Waals surface area contributed by atoms with Gasteiger partial charge in [-0.2, -0.15) is 0 Å². The number of carbonyl (C=O) groups is 1. The van der Waals surface area contributed by atoms with Gasteiger partial charge in [0.2, 0.25) is 0 Å². The monoisotopic (exact) mass is 312 g/mol. The molecular weight excluding hydrogens is 296 g/mol. The quantitative estimate of drug-likeness (QED) is 0.899. The van der Waals surface area contributed by atoms with Crippen LogP contribution in [0.2, 0.25) is 0 Å². The first kappa shape index (κ1) is 13.5. The minimum Gasteiger partial charge on any atom is -0.368 e. The lowest BCUT2D eigenvalue weighted by atomic mass is 9.91. The lowest BCUT2D eigenvalue weighted by molar-refractivity contribution is -0.140. The number of benzene rings is 1. The van der Waals surface area contributed by atoms with Crippen LogP contribution in [-0.2, 0) is 9.53 Å². The Morgan fingerprint density at radius 1 is 1.33 bits per heavy atom. The SMILES string of the molecule is COC1(C(=O)Nc2ccc(Br)cc2)CCNCC1. The molecule has 1 aromatic carbocycles.